The number of aromatic amines is 1. The Morgan fingerprint density at radius 2 is 1.95 bits per heavy atom. The number of H-pyrrole nitrogens is 1. The predicted octanol–water partition coefficient (Wildman–Crippen LogP) is 3.66. The lowest BCUT2D eigenvalue weighted by molar-refractivity contribution is 0.304. The van der Waals surface area contributed by atoms with Crippen LogP contribution in [-0.2, 0) is 6.61 Å². The molecule has 2 aromatic carbocycles. The molecule has 1 N–H and O–H groups in total. The Morgan fingerprint density at radius 3 is 2.67 bits per heavy atom. The van der Waals surface area contributed by atoms with Crippen LogP contribution in [0, 0.1) is 0 Å². The Hall–Kier alpha value is -2.75. The minimum absolute atomic E-state index is 0.532. The number of nitrogens with zero attached hydrogens (tertiary/aromatic N) is 1. The molecule has 4 nitrogen and oxygen atoms in total. The SMILES string of the molecule is COc1cc(OCc2ccccc2)ccc1-c1ncc[nH]1. The van der Waals surface area contributed by atoms with Crippen LogP contribution in [0.15, 0.2) is 60.9 Å². The summed E-state index contributed by atoms with van der Waals surface area (Å²) in [6, 6.07) is 15.8. The van der Waals surface area contributed by atoms with Gasteiger partial charge in [-0.25, -0.2) is 4.98 Å². The second-order valence-electron chi connectivity index (χ2n) is 4.57. The first-order valence-electron chi connectivity index (χ1n) is 6.71. The van der Waals surface area contributed by atoms with Crippen LogP contribution in [0.1, 0.15) is 5.56 Å². The molecule has 0 saturated carbocycles. The zero-order valence-electron chi connectivity index (χ0n) is 11.7. The molecular weight excluding hydrogens is 264 g/mol. The van der Waals surface area contributed by atoms with Crippen molar-refractivity contribution in [2.24, 2.45) is 0 Å². The van der Waals surface area contributed by atoms with Crippen molar-refractivity contribution in [3.8, 4) is 22.9 Å². The van der Waals surface area contributed by atoms with Crippen LogP contribution < -0.4 is 9.47 Å². The highest BCUT2D eigenvalue weighted by molar-refractivity contribution is 5.65. The molecule has 0 aliphatic rings. The van der Waals surface area contributed by atoms with Crippen LogP contribution in [-0.4, -0.2) is 17.1 Å². The van der Waals surface area contributed by atoms with Gasteiger partial charge < -0.3 is 14.5 Å². The molecule has 3 rings (SSSR count). The van der Waals surface area contributed by atoms with E-state index in [1.165, 1.54) is 0 Å². The molecule has 0 amide bonds. The number of nitrogens with one attached hydrogen (secondary N) is 1. The van der Waals surface area contributed by atoms with Crippen molar-refractivity contribution in [1.29, 1.82) is 0 Å². The average Bonchev–Trinajstić information content (AvgIpc) is 3.08. The van der Waals surface area contributed by atoms with Crippen molar-refractivity contribution in [1.82, 2.24) is 9.97 Å². The van der Waals surface area contributed by atoms with Gasteiger partial charge in [0.2, 0.25) is 0 Å². The van der Waals surface area contributed by atoms with E-state index in [1.54, 1.807) is 19.5 Å². The maximum atomic E-state index is 5.80. The van der Waals surface area contributed by atoms with Crippen molar-refractivity contribution in [3.63, 3.8) is 0 Å². The molecule has 4 heteroatoms. The van der Waals surface area contributed by atoms with Crippen molar-refractivity contribution in [3.05, 3.63) is 66.5 Å². The third-order valence-corrected chi connectivity index (χ3v) is 3.17. The summed E-state index contributed by atoms with van der Waals surface area (Å²) in [5.41, 5.74) is 2.04. The summed E-state index contributed by atoms with van der Waals surface area (Å²) in [6.45, 7) is 0.532. The van der Waals surface area contributed by atoms with E-state index in [0.717, 1.165) is 28.5 Å². The van der Waals surface area contributed by atoms with Gasteiger partial charge in [0.1, 0.15) is 23.9 Å². The van der Waals surface area contributed by atoms with E-state index < -0.39 is 0 Å². The van der Waals surface area contributed by atoms with E-state index in [1.807, 2.05) is 48.5 Å². The Morgan fingerprint density at radius 1 is 1.10 bits per heavy atom. The largest absolute Gasteiger partial charge is 0.496 e. The van der Waals surface area contributed by atoms with Gasteiger partial charge in [0.15, 0.2) is 0 Å². The molecule has 106 valence electrons. The van der Waals surface area contributed by atoms with Gasteiger partial charge in [0, 0.05) is 18.5 Å². The highest BCUT2D eigenvalue weighted by Gasteiger charge is 2.09. The first-order chi connectivity index (χ1) is 10.4. The fourth-order valence-electron chi connectivity index (χ4n) is 2.11. The summed E-state index contributed by atoms with van der Waals surface area (Å²) in [7, 11) is 1.64. The summed E-state index contributed by atoms with van der Waals surface area (Å²) < 4.78 is 11.2. The zero-order valence-corrected chi connectivity index (χ0v) is 11.7. The molecule has 1 aromatic heterocycles. The van der Waals surface area contributed by atoms with Gasteiger partial charge in [0.25, 0.3) is 0 Å². The molecule has 0 bridgehead atoms. The fourth-order valence-corrected chi connectivity index (χ4v) is 2.11. The second kappa shape index (κ2) is 6.13. The van der Waals surface area contributed by atoms with Crippen molar-refractivity contribution >= 4 is 0 Å². The van der Waals surface area contributed by atoms with Crippen LogP contribution in [0.3, 0.4) is 0 Å². The van der Waals surface area contributed by atoms with E-state index in [9.17, 15) is 0 Å². The van der Waals surface area contributed by atoms with E-state index in [4.69, 9.17) is 9.47 Å². The average molecular weight is 280 g/mol. The molecule has 3 aromatic rings. The number of imidazole rings is 1. The van der Waals surface area contributed by atoms with E-state index in [0.29, 0.717) is 6.61 Å². The lowest BCUT2D eigenvalue weighted by atomic mass is 10.2. The molecule has 0 unspecified atom stereocenters. The highest BCUT2D eigenvalue weighted by atomic mass is 16.5. The fraction of sp³-hybridized carbons (Fsp3) is 0.118. The van der Waals surface area contributed by atoms with Crippen molar-refractivity contribution < 1.29 is 9.47 Å². The Labute approximate surface area is 123 Å². The topological polar surface area (TPSA) is 47.1 Å². The standard InChI is InChI=1S/C17H16N2O2/c1-20-16-11-14(21-12-13-5-3-2-4-6-13)7-8-15(16)17-18-9-10-19-17/h2-11H,12H2,1H3,(H,18,19). The van der Waals surface area contributed by atoms with Crippen LogP contribution in [0.5, 0.6) is 11.5 Å². The number of methoxy groups -OCH3 is 1. The first-order valence-corrected chi connectivity index (χ1v) is 6.71. The third kappa shape index (κ3) is 3.05. The number of benzene rings is 2. The Kier molecular flexibility index (Phi) is 3.87. The zero-order chi connectivity index (χ0) is 14.5. The van der Waals surface area contributed by atoms with E-state index >= 15 is 0 Å². The van der Waals surface area contributed by atoms with Gasteiger partial charge in [-0.05, 0) is 17.7 Å². The van der Waals surface area contributed by atoms with Crippen LogP contribution >= 0.6 is 0 Å². The van der Waals surface area contributed by atoms with Gasteiger partial charge in [0.05, 0.1) is 12.7 Å². The molecule has 0 atom stereocenters. The lowest BCUT2D eigenvalue weighted by Crippen LogP contribution is -1.96. The molecule has 0 aliphatic heterocycles. The second-order valence-corrected chi connectivity index (χ2v) is 4.57. The highest BCUT2D eigenvalue weighted by Crippen LogP contribution is 2.31. The normalized spacial score (nSPS) is 10.3. The smallest absolute Gasteiger partial charge is 0.141 e. The maximum absolute atomic E-state index is 5.80. The van der Waals surface area contributed by atoms with Crippen LogP contribution in [0.25, 0.3) is 11.4 Å². The number of rotatable bonds is 5. The number of ether oxygens (including phenoxy) is 2. The summed E-state index contributed by atoms with van der Waals surface area (Å²) in [5.74, 6) is 2.28. The molecule has 21 heavy (non-hydrogen) atoms. The lowest BCUT2D eigenvalue weighted by Gasteiger charge is -2.10. The van der Waals surface area contributed by atoms with Gasteiger partial charge in [-0.15, -0.1) is 0 Å². The summed E-state index contributed by atoms with van der Waals surface area (Å²) >= 11 is 0. The first kappa shape index (κ1) is 13.2. The minimum atomic E-state index is 0.532. The summed E-state index contributed by atoms with van der Waals surface area (Å²) in [5, 5.41) is 0. The Balaban J connectivity index is 1.78. The van der Waals surface area contributed by atoms with E-state index in [-0.39, 0.29) is 0 Å². The molecule has 0 aliphatic carbocycles. The van der Waals surface area contributed by atoms with Crippen LogP contribution in [0.2, 0.25) is 0 Å². The monoisotopic (exact) mass is 280 g/mol. The van der Waals surface area contributed by atoms with Gasteiger partial charge in [-0.1, -0.05) is 30.3 Å². The Bertz CT molecular complexity index is 694. The minimum Gasteiger partial charge on any atom is -0.496 e. The van der Waals surface area contributed by atoms with Crippen molar-refractivity contribution in [2.75, 3.05) is 7.11 Å². The number of aromatic nitrogens is 2. The third-order valence-electron chi connectivity index (χ3n) is 3.17. The summed E-state index contributed by atoms with van der Waals surface area (Å²) in [6.07, 6.45) is 3.50. The molecule has 0 spiro atoms. The summed E-state index contributed by atoms with van der Waals surface area (Å²) in [4.78, 5) is 7.32. The maximum Gasteiger partial charge on any atom is 0.141 e. The number of hydrogen-bond acceptors (Lipinski definition) is 3. The molecule has 0 saturated heterocycles. The quantitative estimate of drug-likeness (QED) is 0.775. The molecule has 0 radical (unpaired) electrons. The van der Waals surface area contributed by atoms with E-state index in [2.05, 4.69) is 9.97 Å². The van der Waals surface area contributed by atoms with Gasteiger partial charge >= 0.3 is 0 Å². The van der Waals surface area contributed by atoms with Crippen LogP contribution in [0.4, 0.5) is 0 Å². The number of hydrogen-bond donors (Lipinski definition) is 1. The molecule has 0 fully saturated rings. The van der Waals surface area contributed by atoms with Gasteiger partial charge in [-0.2, -0.15) is 0 Å². The van der Waals surface area contributed by atoms with Gasteiger partial charge in [-0.3, -0.25) is 0 Å². The molecular formula is C17H16N2O2. The molecule has 1 heterocycles. The predicted molar refractivity (Wildman–Crippen MR) is 81.3 cm³/mol. The van der Waals surface area contributed by atoms with Crippen molar-refractivity contribution in [2.45, 2.75) is 6.61 Å².